The molecule has 0 saturated heterocycles. The molecule has 8 heteroatoms. The van der Waals surface area contributed by atoms with Crippen LogP contribution in [0.25, 0.3) is 0 Å². The summed E-state index contributed by atoms with van der Waals surface area (Å²) < 4.78 is 31.1. The largest absolute Gasteiger partial charge is 0.465 e. The number of benzene rings is 1. The number of sulfonamides is 1. The van der Waals surface area contributed by atoms with E-state index in [0.29, 0.717) is 11.3 Å². The molecule has 0 fully saturated rings. The molecule has 0 bridgehead atoms. The van der Waals surface area contributed by atoms with Crippen molar-refractivity contribution in [3.63, 3.8) is 0 Å². The average molecular weight is 307 g/mol. The highest BCUT2D eigenvalue weighted by Gasteiger charge is 2.15. The number of anilines is 2. The maximum Gasteiger partial charge on any atom is 0.337 e. The molecule has 2 rings (SSSR count). The van der Waals surface area contributed by atoms with E-state index < -0.39 is 16.0 Å². The Bertz CT molecular complexity index is 740. The topological polar surface area (TPSA) is 111 Å². The SMILES string of the molecule is COC(=O)c1ccc(NS(=O)(=O)c2ccc(N)nc2)cc1. The van der Waals surface area contributed by atoms with Gasteiger partial charge in [-0.1, -0.05) is 0 Å². The number of esters is 1. The van der Waals surface area contributed by atoms with Gasteiger partial charge in [-0.15, -0.1) is 0 Å². The Labute approximate surface area is 121 Å². The lowest BCUT2D eigenvalue weighted by molar-refractivity contribution is 0.0601. The Morgan fingerprint density at radius 1 is 1.19 bits per heavy atom. The van der Waals surface area contributed by atoms with E-state index >= 15 is 0 Å². The summed E-state index contributed by atoms with van der Waals surface area (Å²) in [7, 11) is -2.48. The van der Waals surface area contributed by atoms with E-state index in [-0.39, 0.29) is 10.7 Å². The highest BCUT2D eigenvalue weighted by atomic mass is 32.2. The number of aromatic nitrogens is 1. The van der Waals surface area contributed by atoms with Crippen LogP contribution in [-0.2, 0) is 14.8 Å². The maximum absolute atomic E-state index is 12.1. The van der Waals surface area contributed by atoms with Gasteiger partial charge in [-0.3, -0.25) is 4.72 Å². The zero-order valence-electron chi connectivity index (χ0n) is 11.1. The van der Waals surface area contributed by atoms with E-state index in [1.54, 1.807) is 0 Å². The predicted octanol–water partition coefficient (Wildman–Crippen LogP) is 1.25. The fourth-order valence-electron chi connectivity index (χ4n) is 1.56. The number of methoxy groups -OCH3 is 1. The summed E-state index contributed by atoms with van der Waals surface area (Å²) in [5, 5.41) is 0. The third-order valence-corrected chi connectivity index (χ3v) is 3.99. The molecule has 21 heavy (non-hydrogen) atoms. The standard InChI is InChI=1S/C13H13N3O4S/c1-20-13(17)9-2-4-10(5-3-9)16-21(18,19)11-6-7-12(14)15-8-11/h2-8,16H,1H3,(H2,14,15). The first kappa shape index (κ1) is 14.8. The van der Waals surface area contributed by atoms with Crippen molar-refractivity contribution in [3.05, 3.63) is 48.2 Å². The van der Waals surface area contributed by atoms with Crippen molar-refractivity contribution >= 4 is 27.5 Å². The number of hydrogen-bond acceptors (Lipinski definition) is 6. The van der Waals surface area contributed by atoms with Crippen molar-refractivity contribution in [1.82, 2.24) is 4.98 Å². The molecular weight excluding hydrogens is 294 g/mol. The molecule has 1 heterocycles. The zero-order chi connectivity index (χ0) is 15.5. The first-order valence-electron chi connectivity index (χ1n) is 5.85. The number of carbonyl (C=O) groups is 1. The number of nitrogens with zero attached hydrogens (tertiary/aromatic N) is 1. The van der Waals surface area contributed by atoms with Crippen LogP contribution in [0, 0.1) is 0 Å². The van der Waals surface area contributed by atoms with Crippen LogP contribution in [-0.4, -0.2) is 26.5 Å². The molecule has 0 atom stereocenters. The molecule has 1 aromatic carbocycles. The normalized spacial score (nSPS) is 10.9. The zero-order valence-corrected chi connectivity index (χ0v) is 11.9. The summed E-state index contributed by atoms with van der Waals surface area (Å²) in [5.41, 5.74) is 6.06. The third-order valence-electron chi connectivity index (χ3n) is 2.63. The predicted molar refractivity (Wildman–Crippen MR) is 77.2 cm³/mol. The van der Waals surface area contributed by atoms with E-state index in [1.807, 2.05) is 0 Å². The van der Waals surface area contributed by atoms with Gasteiger partial charge in [0.05, 0.1) is 12.7 Å². The van der Waals surface area contributed by atoms with Gasteiger partial charge in [-0.05, 0) is 36.4 Å². The Morgan fingerprint density at radius 2 is 1.86 bits per heavy atom. The van der Waals surface area contributed by atoms with Crippen LogP contribution >= 0.6 is 0 Å². The Morgan fingerprint density at radius 3 is 2.38 bits per heavy atom. The molecule has 0 aliphatic rings. The van der Waals surface area contributed by atoms with Crippen molar-refractivity contribution < 1.29 is 17.9 Å². The summed E-state index contributed by atoms with van der Waals surface area (Å²) in [4.78, 5) is 15.0. The first-order chi connectivity index (χ1) is 9.92. The van der Waals surface area contributed by atoms with Crippen LogP contribution in [0.2, 0.25) is 0 Å². The van der Waals surface area contributed by atoms with Gasteiger partial charge in [-0.25, -0.2) is 18.2 Å². The van der Waals surface area contributed by atoms with Gasteiger partial charge in [0.2, 0.25) is 0 Å². The molecule has 0 saturated carbocycles. The number of carbonyl (C=O) groups excluding carboxylic acids is 1. The van der Waals surface area contributed by atoms with Gasteiger partial charge < -0.3 is 10.5 Å². The van der Waals surface area contributed by atoms with Crippen LogP contribution in [0.15, 0.2) is 47.5 Å². The second-order valence-corrected chi connectivity index (χ2v) is 5.78. The number of nitrogen functional groups attached to an aromatic ring is 1. The molecule has 3 N–H and O–H groups in total. The van der Waals surface area contributed by atoms with E-state index in [4.69, 9.17) is 5.73 Å². The molecular formula is C13H13N3O4S. The van der Waals surface area contributed by atoms with Crippen molar-refractivity contribution in [2.24, 2.45) is 0 Å². The number of rotatable bonds is 4. The molecule has 0 amide bonds. The van der Waals surface area contributed by atoms with Crippen molar-refractivity contribution in [1.29, 1.82) is 0 Å². The molecule has 1 aromatic heterocycles. The van der Waals surface area contributed by atoms with Gasteiger partial charge in [0.25, 0.3) is 10.0 Å². The summed E-state index contributed by atoms with van der Waals surface area (Å²) in [6.07, 6.45) is 1.17. The number of hydrogen-bond donors (Lipinski definition) is 2. The quantitative estimate of drug-likeness (QED) is 0.822. The molecule has 0 radical (unpaired) electrons. The Hall–Kier alpha value is -2.61. The number of pyridine rings is 1. The van der Waals surface area contributed by atoms with Crippen LogP contribution in [0.5, 0.6) is 0 Å². The van der Waals surface area contributed by atoms with E-state index in [9.17, 15) is 13.2 Å². The van der Waals surface area contributed by atoms with E-state index in [1.165, 1.54) is 49.7 Å². The molecule has 7 nitrogen and oxygen atoms in total. The number of nitrogens with two attached hydrogens (primary N) is 1. The minimum atomic E-state index is -3.75. The smallest absolute Gasteiger partial charge is 0.337 e. The van der Waals surface area contributed by atoms with Gasteiger partial charge >= 0.3 is 5.97 Å². The second-order valence-electron chi connectivity index (χ2n) is 4.09. The van der Waals surface area contributed by atoms with Gasteiger partial charge in [0.1, 0.15) is 10.7 Å². The third kappa shape index (κ3) is 3.48. The molecule has 0 unspecified atom stereocenters. The van der Waals surface area contributed by atoms with Gasteiger partial charge in [-0.2, -0.15) is 0 Å². The lowest BCUT2D eigenvalue weighted by Gasteiger charge is -2.08. The Kier molecular flexibility index (Phi) is 4.08. The van der Waals surface area contributed by atoms with E-state index in [0.717, 1.165) is 0 Å². The molecule has 0 aliphatic heterocycles. The first-order valence-corrected chi connectivity index (χ1v) is 7.33. The number of ether oxygens (including phenoxy) is 1. The molecule has 0 aliphatic carbocycles. The maximum atomic E-state index is 12.1. The summed E-state index contributed by atoms with van der Waals surface area (Å²) >= 11 is 0. The average Bonchev–Trinajstić information content (AvgIpc) is 2.47. The van der Waals surface area contributed by atoms with Crippen molar-refractivity contribution in [2.45, 2.75) is 4.90 Å². The van der Waals surface area contributed by atoms with Gasteiger partial charge in [0, 0.05) is 11.9 Å². The van der Waals surface area contributed by atoms with Crippen LogP contribution in [0.1, 0.15) is 10.4 Å². The minimum absolute atomic E-state index is 0.00579. The van der Waals surface area contributed by atoms with Crippen LogP contribution < -0.4 is 10.5 Å². The number of nitrogens with one attached hydrogen (secondary N) is 1. The summed E-state index contributed by atoms with van der Waals surface area (Å²) in [5.74, 6) is -0.261. The van der Waals surface area contributed by atoms with Crippen LogP contribution in [0.3, 0.4) is 0 Å². The molecule has 0 spiro atoms. The van der Waals surface area contributed by atoms with Gasteiger partial charge in [0.15, 0.2) is 0 Å². The van der Waals surface area contributed by atoms with Crippen molar-refractivity contribution in [3.8, 4) is 0 Å². The second kappa shape index (κ2) is 5.80. The lowest BCUT2D eigenvalue weighted by atomic mass is 10.2. The lowest BCUT2D eigenvalue weighted by Crippen LogP contribution is -2.13. The summed E-state index contributed by atoms with van der Waals surface area (Å²) in [6, 6.07) is 8.61. The fourth-order valence-corrected chi connectivity index (χ4v) is 2.56. The highest BCUT2D eigenvalue weighted by Crippen LogP contribution is 2.16. The highest BCUT2D eigenvalue weighted by molar-refractivity contribution is 7.92. The molecule has 110 valence electrons. The monoisotopic (exact) mass is 307 g/mol. The van der Waals surface area contributed by atoms with Crippen molar-refractivity contribution in [2.75, 3.05) is 17.6 Å². The van der Waals surface area contributed by atoms with E-state index in [2.05, 4.69) is 14.4 Å². The Balaban J connectivity index is 2.20. The fraction of sp³-hybridized carbons (Fsp3) is 0.0769. The molecule has 2 aromatic rings. The minimum Gasteiger partial charge on any atom is -0.465 e. The summed E-state index contributed by atoms with van der Waals surface area (Å²) in [6.45, 7) is 0. The van der Waals surface area contributed by atoms with Crippen LogP contribution in [0.4, 0.5) is 11.5 Å².